The SMILES string of the molecule is CC.CC#CCCOCCCNCC(C)C. The summed E-state index contributed by atoms with van der Waals surface area (Å²) in [5.41, 5.74) is 0. The Labute approximate surface area is 102 Å². The van der Waals surface area contributed by atoms with Gasteiger partial charge in [0.15, 0.2) is 0 Å². The van der Waals surface area contributed by atoms with E-state index in [4.69, 9.17) is 4.74 Å². The molecule has 0 aliphatic heterocycles. The number of rotatable bonds is 8. The van der Waals surface area contributed by atoms with E-state index in [9.17, 15) is 0 Å². The van der Waals surface area contributed by atoms with E-state index < -0.39 is 0 Å². The molecule has 0 aliphatic rings. The number of ether oxygens (including phenoxy) is 1. The van der Waals surface area contributed by atoms with Crippen LogP contribution in [0.2, 0.25) is 0 Å². The van der Waals surface area contributed by atoms with Crippen molar-refractivity contribution in [3.8, 4) is 11.8 Å². The molecule has 0 aromatic rings. The molecule has 0 amide bonds. The Morgan fingerprint density at radius 3 is 2.44 bits per heavy atom. The van der Waals surface area contributed by atoms with Crippen molar-refractivity contribution in [2.24, 2.45) is 5.92 Å². The van der Waals surface area contributed by atoms with Crippen LogP contribution in [0.15, 0.2) is 0 Å². The molecule has 2 heteroatoms. The fraction of sp³-hybridized carbons (Fsp3) is 0.857. The van der Waals surface area contributed by atoms with Gasteiger partial charge in [-0.2, -0.15) is 0 Å². The molecule has 0 radical (unpaired) electrons. The molecule has 16 heavy (non-hydrogen) atoms. The molecular formula is C14H29NO. The predicted molar refractivity (Wildman–Crippen MR) is 72.6 cm³/mol. The Bertz CT molecular complexity index is 167. The van der Waals surface area contributed by atoms with Crippen molar-refractivity contribution in [1.29, 1.82) is 0 Å². The van der Waals surface area contributed by atoms with Gasteiger partial charge < -0.3 is 10.1 Å². The molecule has 1 N–H and O–H groups in total. The quantitative estimate of drug-likeness (QED) is 0.508. The first-order chi connectivity index (χ1) is 7.77. The Morgan fingerprint density at radius 2 is 1.88 bits per heavy atom. The molecule has 0 bridgehead atoms. The lowest BCUT2D eigenvalue weighted by Crippen LogP contribution is -2.21. The highest BCUT2D eigenvalue weighted by molar-refractivity contribution is 4.94. The lowest BCUT2D eigenvalue weighted by molar-refractivity contribution is 0.137. The molecule has 0 fully saturated rings. The summed E-state index contributed by atoms with van der Waals surface area (Å²) in [5.74, 6) is 6.56. The maximum Gasteiger partial charge on any atom is 0.0575 e. The monoisotopic (exact) mass is 227 g/mol. The summed E-state index contributed by atoms with van der Waals surface area (Å²) in [7, 11) is 0. The number of nitrogens with one attached hydrogen (secondary N) is 1. The fourth-order valence-electron chi connectivity index (χ4n) is 1.04. The molecule has 0 aliphatic carbocycles. The lowest BCUT2D eigenvalue weighted by Gasteiger charge is -2.06. The highest BCUT2D eigenvalue weighted by atomic mass is 16.5. The summed E-state index contributed by atoms with van der Waals surface area (Å²) >= 11 is 0. The van der Waals surface area contributed by atoms with Crippen LogP contribution in [0.1, 0.15) is 47.5 Å². The summed E-state index contributed by atoms with van der Waals surface area (Å²) in [5, 5.41) is 3.38. The molecule has 0 atom stereocenters. The minimum atomic E-state index is 0.732. The third kappa shape index (κ3) is 19.1. The Kier molecular flexibility index (Phi) is 18.9. The maximum atomic E-state index is 5.40. The molecule has 0 aromatic carbocycles. The lowest BCUT2D eigenvalue weighted by atomic mass is 10.2. The van der Waals surface area contributed by atoms with Crippen molar-refractivity contribution in [1.82, 2.24) is 5.32 Å². The Hall–Kier alpha value is -0.520. The van der Waals surface area contributed by atoms with Crippen LogP contribution < -0.4 is 5.32 Å². The fourth-order valence-corrected chi connectivity index (χ4v) is 1.04. The van der Waals surface area contributed by atoms with Gasteiger partial charge in [-0.3, -0.25) is 0 Å². The van der Waals surface area contributed by atoms with Crippen molar-refractivity contribution >= 4 is 0 Å². The van der Waals surface area contributed by atoms with Crippen molar-refractivity contribution in [3.05, 3.63) is 0 Å². The van der Waals surface area contributed by atoms with Crippen molar-refractivity contribution < 1.29 is 4.74 Å². The maximum absolute atomic E-state index is 5.40. The van der Waals surface area contributed by atoms with Crippen LogP contribution >= 0.6 is 0 Å². The van der Waals surface area contributed by atoms with Crippen molar-refractivity contribution in [3.63, 3.8) is 0 Å². The second-order valence-electron chi connectivity index (χ2n) is 3.74. The molecule has 0 rings (SSSR count). The van der Waals surface area contributed by atoms with Gasteiger partial charge in [0.2, 0.25) is 0 Å². The van der Waals surface area contributed by atoms with Crippen molar-refractivity contribution in [2.75, 3.05) is 26.3 Å². The molecule has 0 saturated heterocycles. The van der Waals surface area contributed by atoms with Crippen LogP contribution in [-0.2, 0) is 4.74 Å². The zero-order valence-corrected chi connectivity index (χ0v) is 11.7. The highest BCUT2D eigenvalue weighted by Gasteiger charge is 1.92. The largest absolute Gasteiger partial charge is 0.380 e. The van der Waals surface area contributed by atoms with Crippen LogP contribution in [0.5, 0.6) is 0 Å². The van der Waals surface area contributed by atoms with Crippen LogP contribution in [-0.4, -0.2) is 26.3 Å². The van der Waals surface area contributed by atoms with Crippen LogP contribution in [0.4, 0.5) is 0 Å². The van der Waals surface area contributed by atoms with E-state index in [-0.39, 0.29) is 0 Å². The highest BCUT2D eigenvalue weighted by Crippen LogP contribution is 1.88. The molecule has 2 nitrogen and oxygen atoms in total. The minimum Gasteiger partial charge on any atom is -0.380 e. The van der Waals surface area contributed by atoms with Crippen LogP contribution in [0.3, 0.4) is 0 Å². The summed E-state index contributed by atoms with van der Waals surface area (Å²) in [6.45, 7) is 14.1. The molecule has 0 aromatic heterocycles. The van der Waals surface area contributed by atoms with E-state index in [2.05, 4.69) is 31.0 Å². The topological polar surface area (TPSA) is 21.3 Å². The van der Waals surface area contributed by atoms with E-state index in [1.54, 1.807) is 0 Å². The van der Waals surface area contributed by atoms with Crippen LogP contribution in [0, 0.1) is 17.8 Å². The van der Waals surface area contributed by atoms with Gasteiger partial charge in [-0.05, 0) is 32.4 Å². The first-order valence-corrected chi connectivity index (χ1v) is 6.45. The predicted octanol–water partition coefficient (Wildman–Crippen LogP) is 3.08. The first-order valence-electron chi connectivity index (χ1n) is 6.45. The molecule has 0 spiro atoms. The van der Waals surface area contributed by atoms with E-state index in [0.717, 1.165) is 45.1 Å². The molecular weight excluding hydrogens is 198 g/mol. The smallest absolute Gasteiger partial charge is 0.0575 e. The van der Waals surface area contributed by atoms with Gasteiger partial charge in [0.25, 0.3) is 0 Å². The van der Waals surface area contributed by atoms with Gasteiger partial charge in [0.05, 0.1) is 6.61 Å². The van der Waals surface area contributed by atoms with E-state index in [1.807, 2.05) is 20.8 Å². The van der Waals surface area contributed by atoms with Gasteiger partial charge in [-0.25, -0.2) is 0 Å². The van der Waals surface area contributed by atoms with Gasteiger partial charge in [0, 0.05) is 13.0 Å². The second-order valence-corrected chi connectivity index (χ2v) is 3.74. The average molecular weight is 227 g/mol. The third-order valence-electron chi connectivity index (χ3n) is 1.74. The summed E-state index contributed by atoms with van der Waals surface area (Å²) in [6, 6.07) is 0. The minimum absolute atomic E-state index is 0.732. The normalized spacial score (nSPS) is 9.12. The summed E-state index contributed by atoms with van der Waals surface area (Å²) in [4.78, 5) is 0. The number of hydrogen-bond donors (Lipinski definition) is 1. The van der Waals surface area contributed by atoms with E-state index in [1.165, 1.54) is 0 Å². The van der Waals surface area contributed by atoms with E-state index >= 15 is 0 Å². The molecule has 0 unspecified atom stereocenters. The third-order valence-corrected chi connectivity index (χ3v) is 1.74. The van der Waals surface area contributed by atoms with Gasteiger partial charge in [-0.15, -0.1) is 11.8 Å². The first kappa shape index (κ1) is 17.9. The van der Waals surface area contributed by atoms with Crippen molar-refractivity contribution in [2.45, 2.75) is 47.5 Å². The van der Waals surface area contributed by atoms with E-state index in [0.29, 0.717) is 0 Å². The standard InChI is InChI=1S/C12H23NO.C2H6/c1-4-5-6-9-14-10-7-8-13-11-12(2)3;1-2/h12-13H,6-11H2,1-3H3;1-2H3. The molecule has 0 saturated carbocycles. The van der Waals surface area contributed by atoms with Gasteiger partial charge >= 0.3 is 0 Å². The molecule has 96 valence electrons. The summed E-state index contributed by atoms with van der Waals surface area (Å²) in [6.07, 6.45) is 1.95. The molecule has 0 heterocycles. The zero-order valence-electron chi connectivity index (χ0n) is 11.7. The Balaban J connectivity index is 0. The number of hydrogen-bond acceptors (Lipinski definition) is 2. The zero-order chi connectivity index (χ0) is 12.6. The summed E-state index contributed by atoms with van der Waals surface area (Å²) < 4.78 is 5.40. The van der Waals surface area contributed by atoms with Gasteiger partial charge in [0.1, 0.15) is 0 Å². The average Bonchev–Trinajstić information content (AvgIpc) is 2.29. The van der Waals surface area contributed by atoms with Crippen LogP contribution in [0.25, 0.3) is 0 Å². The Morgan fingerprint density at radius 1 is 1.19 bits per heavy atom. The van der Waals surface area contributed by atoms with Gasteiger partial charge in [-0.1, -0.05) is 27.7 Å². The second kappa shape index (κ2) is 16.9.